The Morgan fingerprint density at radius 3 is 2.11 bits per heavy atom. The van der Waals surface area contributed by atoms with Crippen molar-refractivity contribution in [1.29, 1.82) is 0 Å². The van der Waals surface area contributed by atoms with Gasteiger partial charge in [0.25, 0.3) is 0 Å². The number of hydrogen-bond acceptors (Lipinski definition) is 2. The number of benzene rings is 2. The first-order valence-corrected chi connectivity index (χ1v) is 8.55. The van der Waals surface area contributed by atoms with E-state index in [9.17, 15) is 8.42 Å². The molecule has 0 heterocycles. The summed E-state index contributed by atoms with van der Waals surface area (Å²) in [6.45, 7) is 0. The van der Waals surface area contributed by atoms with E-state index >= 15 is 0 Å². The summed E-state index contributed by atoms with van der Waals surface area (Å²) in [5, 5.41) is 0.539. The largest absolute Gasteiger partial charge is 0.233 e. The Labute approximate surface area is 122 Å². The molecule has 0 aliphatic rings. The fourth-order valence-electron chi connectivity index (χ4n) is 2.01. The minimum Gasteiger partial charge on any atom is -0.212 e. The number of halogens is 2. The van der Waals surface area contributed by atoms with Crippen LogP contribution in [-0.2, 0) is 9.05 Å². The molecule has 0 bridgehead atoms. The van der Waals surface area contributed by atoms with Crippen LogP contribution in [-0.4, -0.2) is 14.2 Å². The summed E-state index contributed by atoms with van der Waals surface area (Å²) < 4.78 is 22.8. The maximum atomic E-state index is 11.4. The minimum atomic E-state index is -3.62. The molecule has 0 fully saturated rings. The van der Waals surface area contributed by atoms with Crippen molar-refractivity contribution >= 4 is 31.3 Å². The SMILES string of the molecule is O=S(=O)(Cl)C[C@@H](c1ccccc1)c1ccccc1Cl. The van der Waals surface area contributed by atoms with Crippen molar-refractivity contribution in [3.63, 3.8) is 0 Å². The van der Waals surface area contributed by atoms with Gasteiger partial charge in [0.1, 0.15) is 0 Å². The van der Waals surface area contributed by atoms with Crippen LogP contribution in [0.1, 0.15) is 17.0 Å². The standard InChI is InChI=1S/C14H12Cl2O2S/c15-14-9-5-4-8-12(14)13(10-19(16,17)18)11-6-2-1-3-7-11/h1-9,13H,10H2/t13-/m0/s1. The molecule has 1 atom stereocenters. The van der Waals surface area contributed by atoms with E-state index in [2.05, 4.69) is 0 Å². The highest BCUT2D eigenvalue weighted by Crippen LogP contribution is 2.32. The van der Waals surface area contributed by atoms with Gasteiger partial charge in [0.05, 0.1) is 5.75 Å². The van der Waals surface area contributed by atoms with Crippen LogP contribution in [0.25, 0.3) is 0 Å². The molecule has 0 saturated carbocycles. The third-order valence-corrected chi connectivity index (χ3v) is 4.30. The van der Waals surface area contributed by atoms with Crippen molar-refractivity contribution in [2.45, 2.75) is 5.92 Å². The molecule has 2 aromatic rings. The third kappa shape index (κ3) is 3.96. The second kappa shape index (κ2) is 5.95. The highest BCUT2D eigenvalue weighted by molar-refractivity contribution is 8.13. The maximum Gasteiger partial charge on any atom is 0.233 e. The van der Waals surface area contributed by atoms with Crippen LogP contribution in [0.4, 0.5) is 0 Å². The van der Waals surface area contributed by atoms with Gasteiger partial charge in [-0.3, -0.25) is 0 Å². The number of hydrogen-bond donors (Lipinski definition) is 0. The highest BCUT2D eigenvalue weighted by Gasteiger charge is 2.22. The monoisotopic (exact) mass is 314 g/mol. The van der Waals surface area contributed by atoms with Gasteiger partial charge in [-0.1, -0.05) is 60.1 Å². The van der Waals surface area contributed by atoms with Crippen LogP contribution >= 0.6 is 22.3 Å². The lowest BCUT2D eigenvalue weighted by atomic mass is 9.93. The van der Waals surface area contributed by atoms with Crippen LogP contribution in [0.5, 0.6) is 0 Å². The average molecular weight is 315 g/mol. The van der Waals surface area contributed by atoms with Gasteiger partial charge in [-0.2, -0.15) is 0 Å². The lowest BCUT2D eigenvalue weighted by Gasteiger charge is -2.17. The van der Waals surface area contributed by atoms with Crippen molar-refractivity contribution in [2.24, 2.45) is 0 Å². The molecule has 2 aromatic carbocycles. The molecule has 5 heteroatoms. The molecule has 0 radical (unpaired) electrons. The molecule has 0 N–H and O–H groups in total. The van der Waals surface area contributed by atoms with Crippen LogP contribution < -0.4 is 0 Å². The second-order valence-corrected chi connectivity index (χ2v) is 7.42. The lowest BCUT2D eigenvalue weighted by Crippen LogP contribution is -2.12. The molecule has 0 amide bonds. The molecule has 0 aliphatic heterocycles. The van der Waals surface area contributed by atoms with E-state index < -0.39 is 9.05 Å². The topological polar surface area (TPSA) is 34.1 Å². The summed E-state index contributed by atoms with van der Waals surface area (Å²) in [5.41, 5.74) is 1.64. The first-order valence-electron chi connectivity index (χ1n) is 5.69. The van der Waals surface area contributed by atoms with E-state index in [1.54, 1.807) is 6.07 Å². The predicted octanol–water partition coefficient (Wildman–Crippen LogP) is 4.04. The van der Waals surface area contributed by atoms with E-state index in [1.165, 1.54) is 0 Å². The van der Waals surface area contributed by atoms with Crippen molar-refractivity contribution in [2.75, 3.05) is 5.75 Å². The molecule has 100 valence electrons. The van der Waals surface area contributed by atoms with Gasteiger partial charge in [0.2, 0.25) is 9.05 Å². The van der Waals surface area contributed by atoms with Crippen LogP contribution in [0.2, 0.25) is 5.02 Å². The Bertz CT molecular complexity index is 654. The maximum absolute atomic E-state index is 11.4. The molecule has 0 saturated heterocycles. The molecule has 2 nitrogen and oxygen atoms in total. The van der Waals surface area contributed by atoms with Gasteiger partial charge >= 0.3 is 0 Å². The summed E-state index contributed by atoms with van der Waals surface area (Å²) in [5.74, 6) is -0.542. The van der Waals surface area contributed by atoms with E-state index in [1.807, 2.05) is 48.5 Å². The Morgan fingerprint density at radius 2 is 1.53 bits per heavy atom. The smallest absolute Gasteiger partial charge is 0.212 e. The summed E-state index contributed by atoms with van der Waals surface area (Å²) in [6.07, 6.45) is 0. The highest BCUT2D eigenvalue weighted by atomic mass is 35.7. The average Bonchev–Trinajstić information content (AvgIpc) is 2.37. The minimum absolute atomic E-state index is 0.178. The Kier molecular flexibility index (Phi) is 4.50. The zero-order valence-electron chi connectivity index (χ0n) is 9.96. The fraction of sp³-hybridized carbons (Fsp3) is 0.143. The summed E-state index contributed by atoms with van der Waals surface area (Å²) >= 11 is 6.16. The predicted molar refractivity (Wildman–Crippen MR) is 79.4 cm³/mol. The molecule has 0 aromatic heterocycles. The van der Waals surface area contributed by atoms with E-state index in [0.717, 1.165) is 11.1 Å². The van der Waals surface area contributed by atoms with E-state index in [4.69, 9.17) is 22.3 Å². The Morgan fingerprint density at radius 1 is 0.947 bits per heavy atom. The van der Waals surface area contributed by atoms with E-state index in [-0.39, 0.29) is 11.7 Å². The Hall–Kier alpha value is -1.03. The van der Waals surface area contributed by atoms with Gasteiger partial charge in [0, 0.05) is 21.6 Å². The zero-order chi connectivity index (χ0) is 13.9. The quantitative estimate of drug-likeness (QED) is 0.798. The zero-order valence-corrected chi connectivity index (χ0v) is 12.3. The second-order valence-electron chi connectivity index (χ2n) is 4.19. The molecule has 0 unspecified atom stereocenters. The van der Waals surface area contributed by atoms with Gasteiger partial charge in [-0.05, 0) is 17.2 Å². The van der Waals surface area contributed by atoms with Crippen LogP contribution in [0, 0.1) is 0 Å². The first-order chi connectivity index (χ1) is 8.97. The van der Waals surface area contributed by atoms with Gasteiger partial charge in [-0.25, -0.2) is 8.42 Å². The summed E-state index contributed by atoms with van der Waals surface area (Å²) in [7, 11) is 1.79. The Balaban J connectivity index is 2.50. The molecule has 19 heavy (non-hydrogen) atoms. The van der Waals surface area contributed by atoms with Crippen LogP contribution in [0.15, 0.2) is 54.6 Å². The molecular weight excluding hydrogens is 303 g/mol. The lowest BCUT2D eigenvalue weighted by molar-refractivity contribution is 0.606. The van der Waals surface area contributed by atoms with Gasteiger partial charge < -0.3 is 0 Å². The first kappa shape index (κ1) is 14.4. The van der Waals surface area contributed by atoms with Crippen molar-refractivity contribution in [3.05, 3.63) is 70.7 Å². The third-order valence-electron chi connectivity index (χ3n) is 2.85. The van der Waals surface area contributed by atoms with Crippen molar-refractivity contribution in [3.8, 4) is 0 Å². The fourth-order valence-corrected chi connectivity index (χ4v) is 3.42. The van der Waals surface area contributed by atoms with E-state index in [0.29, 0.717) is 5.02 Å². The van der Waals surface area contributed by atoms with Gasteiger partial charge in [0.15, 0.2) is 0 Å². The van der Waals surface area contributed by atoms with Crippen molar-refractivity contribution in [1.82, 2.24) is 0 Å². The van der Waals surface area contributed by atoms with Crippen LogP contribution in [0.3, 0.4) is 0 Å². The summed E-state index contributed by atoms with van der Waals surface area (Å²) in [4.78, 5) is 0. The summed E-state index contributed by atoms with van der Waals surface area (Å²) in [6, 6.07) is 16.5. The van der Waals surface area contributed by atoms with Crippen molar-refractivity contribution < 1.29 is 8.42 Å². The molecule has 2 rings (SSSR count). The normalized spacial score (nSPS) is 13.2. The molecule has 0 spiro atoms. The molecule has 0 aliphatic carbocycles. The molecular formula is C14H12Cl2O2S. The van der Waals surface area contributed by atoms with Gasteiger partial charge in [-0.15, -0.1) is 0 Å². The number of rotatable bonds is 4.